The number of rotatable bonds is 5. The van der Waals surface area contributed by atoms with Crippen molar-refractivity contribution in [3.8, 4) is 23.2 Å². The van der Waals surface area contributed by atoms with Crippen LogP contribution in [-0.2, 0) is 18.0 Å². The van der Waals surface area contributed by atoms with Gasteiger partial charge in [-0.15, -0.1) is 11.3 Å². The van der Waals surface area contributed by atoms with Gasteiger partial charge in [0.2, 0.25) is 0 Å². The fraction of sp³-hybridized carbons (Fsp3) is 0.469. The number of nitrogen functional groups attached to an aromatic ring is 1. The van der Waals surface area contributed by atoms with Crippen LogP contribution >= 0.6 is 11.3 Å². The summed E-state index contributed by atoms with van der Waals surface area (Å²) in [7, 11) is 0. The van der Waals surface area contributed by atoms with Crippen molar-refractivity contribution in [2.45, 2.75) is 62.7 Å². The number of hydrogen-bond acceptors (Lipinski definition) is 10. The molecule has 4 fully saturated rings. The predicted molar refractivity (Wildman–Crippen MR) is 164 cm³/mol. The lowest BCUT2D eigenvalue weighted by Crippen LogP contribution is -2.68. The maximum absolute atomic E-state index is 17.2. The van der Waals surface area contributed by atoms with Crippen LogP contribution < -0.4 is 20.7 Å². The summed E-state index contributed by atoms with van der Waals surface area (Å²) in [5, 5.41) is 14.4. The first kappa shape index (κ1) is 27.6. The number of nitriles is 1. The number of benzene rings is 2. The van der Waals surface area contributed by atoms with E-state index in [1.165, 1.54) is 6.07 Å². The summed E-state index contributed by atoms with van der Waals surface area (Å²) in [6.45, 7) is 3.20. The third kappa shape index (κ3) is 3.89. The molecule has 9 nitrogen and oxygen atoms in total. The number of halogens is 3. The maximum Gasteiger partial charge on any atom is 0.319 e. The van der Waals surface area contributed by atoms with Crippen LogP contribution in [0.1, 0.15) is 42.4 Å². The fourth-order valence-corrected chi connectivity index (χ4v) is 9.45. The molecule has 4 atom stereocenters. The Balaban J connectivity index is 1.27. The second kappa shape index (κ2) is 9.90. The SMILES string of the molecule is N#Cc1c(N)sc2ccc(F)c(-c3c4c(c5c(N6C7CNCC6C7)nc(OC[C@@]67CCCN6C[C@H](F)C7)nc5c3F)COC4)c12. The van der Waals surface area contributed by atoms with E-state index >= 15 is 8.78 Å². The number of thiophene rings is 1. The van der Waals surface area contributed by atoms with E-state index < -0.39 is 23.3 Å². The summed E-state index contributed by atoms with van der Waals surface area (Å²) < 4.78 is 60.4. The van der Waals surface area contributed by atoms with Crippen LogP contribution in [0.4, 0.5) is 24.0 Å². The molecule has 0 spiro atoms. The Hall–Kier alpha value is -3.70. The molecule has 2 aromatic heterocycles. The van der Waals surface area contributed by atoms with Gasteiger partial charge in [0.1, 0.15) is 41.0 Å². The van der Waals surface area contributed by atoms with Crippen molar-refractivity contribution in [2.75, 3.05) is 43.4 Å². The summed E-state index contributed by atoms with van der Waals surface area (Å²) in [6.07, 6.45) is 2.23. The van der Waals surface area contributed by atoms with Crippen LogP contribution in [0.2, 0.25) is 0 Å². The van der Waals surface area contributed by atoms with Crippen molar-refractivity contribution < 1.29 is 22.6 Å². The Morgan fingerprint density at radius 3 is 2.78 bits per heavy atom. The molecule has 9 rings (SSSR count). The number of hydrogen-bond donors (Lipinski definition) is 2. The van der Waals surface area contributed by atoms with Crippen molar-refractivity contribution in [2.24, 2.45) is 0 Å². The molecule has 232 valence electrons. The van der Waals surface area contributed by atoms with Crippen LogP contribution in [0.5, 0.6) is 6.01 Å². The molecule has 7 heterocycles. The number of nitrogens with zero attached hydrogens (tertiary/aromatic N) is 5. The van der Waals surface area contributed by atoms with E-state index in [2.05, 4.69) is 26.2 Å². The van der Waals surface area contributed by atoms with E-state index in [0.717, 1.165) is 50.2 Å². The van der Waals surface area contributed by atoms with Crippen LogP contribution in [0.3, 0.4) is 0 Å². The zero-order valence-electron chi connectivity index (χ0n) is 24.3. The third-order valence-corrected chi connectivity index (χ3v) is 11.5. The first-order valence-electron chi connectivity index (χ1n) is 15.4. The molecule has 2 unspecified atom stereocenters. The van der Waals surface area contributed by atoms with Crippen LogP contribution in [-0.4, -0.2) is 71.4 Å². The van der Waals surface area contributed by atoms with Gasteiger partial charge in [0.25, 0.3) is 0 Å². The van der Waals surface area contributed by atoms with Crippen molar-refractivity contribution >= 4 is 43.1 Å². The van der Waals surface area contributed by atoms with Gasteiger partial charge in [0.15, 0.2) is 5.82 Å². The molecule has 0 radical (unpaired) electrons. The average Bonchev–Trinajstić information content (AvgIpc) is 3.79. The summed E-state index contributed by atoms with van der Waals surface area (Å²) in [4.78, 5) is 13.9. The highest BCUT2D eigenvalue weighted by molar-refractivity contribution is 7.23. The average molecular weight is 634 g/mol. The van der Waals surface area contributed by atoms with Crippen molar-refractivity contribution in [3.63, 3.8) is 0 Å². The highest BCUT2D eigenvalue weighted by atomic mass is 32.1. The molecule has 5 aliphatic heterocycles. The Kier molecular flexibility index (Phi) is 6.07. The summed E-state index contributed by atoms with van der Waals surface area (Å²) in [5.74, 6) is -0.811. The summed E-state index contributed by atoms with van der Waals surface area (Å²) >= 11 is 1.16. The number of anilines is 2. The molecular weight excluding hydrogens is 603 g/mol. The van der Waals surface area contributed by atoms with Crippen molar-refractivity contribution in [3.05, 3.63) is 40.5 Å². The van der Waals surface area contributed by atoms with Gasteiger partial charge >= 0.3 is 6.01 Å². The largest absolute Gasteiger partial charge is 0.461 e. The number of aromatic nitrogens is 2. The monoisotopic (exact) mass is 633 g/mol. The van der Waals surface area contributed by atoms with Gasteiger partial charge < -0.3 is 25.4 Å². The van der Waals surface area contributed by atoms with Gasteiger partial charge in [-0.05, 0) is 49.1 Å². The Morgan fingerprint density at radius 1 is 1.16 bits per heavy atom. The number of nitrogens with two attached hydrogens (primary N) is 1. The van der Waals surface area contributed by atoms with Crippen LogP contribution in [0.15, 0.2) is 12.1 Å². The molecule has 2 aromatic carbocycles. The molecule has 0 aliphatic carbocycles. The molecule has 5 aliphatic rings. The standard InChI is InChI=1S/C32H30F3N7O2S/c33-15-7-32(4-1-5-41(32)11-15)14-44-31-39-28-25(30(40-31)42-16-6-17(42)10-38-9-16)20-13-43-12-19(20)24(27(28)35)26-21(34)2-3-22-23(26)18(8-36)29(37)45-22/h2-3,15-17,38H,1,4-7,9-14,37H2/t15-,16?,17?,32+/m1/s1. The minimum Gasteiger partial charge on any atom is -0.461 e. The van der Waals surface area contributed by atoms with Crippen molar-refractivity contribution in [1.29, 1.82) is 5.26 Å². The molecule has 0 amide bonds. The van der Waals surface area contributed by atoms with Gasteiger partial charge in [0, 0.05) is 59.4 Å². The van der Waals surface area contributed by atoms with E-state index in [4.69, 9.17) is 20.2 Å². The molecule has 4 saturated heterocycles. The molecule has 2 bridgehead atoms. The minimum absolute atomic E-state index is 0.0128. The quantitative estimate of drug-likeness (QED) is 0.321. The van der Waals surface area contributed by atoms with Crippen LogP contribution in [0.25, 0.3) is 32.1 Å². The molecule has 0 saturated carbocycles. The smallest absolute Gasteiger partial charge is 0.319 e. The first-order chi connectivity index (χ1) is 21.9. The Bertz CT molecular complexity index is 1950. The lowest BCUT2D eigenvalue weighted by atomic mass is 9.86. The predicted octanol–water partition coefficient (Wildman–Crippen LogP) is 4.78. The number of piperazine rings is 1. The topological polar surface area (TPSA) is 113 Å². The van der Waals surface area contributed by atoms with Crippen LogP contribution in [0, 0.1) is 23.0 Å². The summed E-state index contributed by atoms with van der Waals surface area (Å²) in [5.41, 5.74) is 7.07. The summed E-state index contributed by atoms with van der Waals surface area (Å²) in [6, 6.07) is 5.30. The zero-order chi connectivity index (χ0) is 30.6. The first-order valence-corrected chi connectivity index (χ1v) is 16.2. The van der Waals surface area contributed by atoms with Gasteiger partial charge in [-0.2, -0.15) is 15.2 Å². The Labute approximate surface area is 260 Å². The van der Waals surface area contributed by atoms with Gasteiger partial charge in [-0.3, -0.25) is 4.90 Å². The fourth-order valence-electron chi connectivity index (χ4n) is 8.52. The second-order valence-corrected chi connectivity index (χ2v) is 14.0. The third-order valence-electron chi connectivity index (χ3n) is 10.5. The van der Waals surface area contributed by atoms with E-state index in [1.54, 1.807) is 6.07 Å². The van der Waals surface area contributed by atoms with Crippen molar-refractivity contribution in [1.82, 2.24) is 20.2 Å². The number of fused-ring (bicyclic) bond motifs is 7. The molecule has 4 aromatic rings. The highest BCUT2D eigenvalue weighted by Crippen LogP contribution is 2.49. The number of ether oxygens (including phenoxy) is 2. The molecule has 13 heteroatoms. The minimum atomic E-state index is -0.917. The van der Waals surface area contributed by atoms with E-state index in [-0.39, 0.29) is 70.5 Å². The molecular formula is C32H30F3N7O2S. The highest BCUT2D eigenvalue weighted by Gasteiger charge is 2.50. The lowest BCUT2D eigenvalue weighted by Gasteiger charge is -2.54. The number of nitrogens with one attached hydrogen (secondary N) is 1. The normalized spacial score (nSPS) is 27.2. The van der Waals surface area contributed by atoms with Gasteiger partial charge in [0.05, 0.1) is 29.7 Å². The lowest BCUT2D eigenvalue weighted by molar-refractivity contribution is 0.107. The second-order valence-electron chi connectivity index (χ2n) is 12.9. The van der Waals surface area contributed by atoms with E-state index in [0.29, 0.717) is 40.0 Å². The molecule has 45 heavy (non-hydrogen) atoms. The molecule has 3 N–H and O–H groups in total. The number of piperidine rings is 1. The van der Waals surface area contributed by atoms with Gasteiger partial charge in [-0.25, -0.2) is 13.2 Å². The number of alkyl halides is 1. The van der Waals surface area contributed by atoms with E-state index in [1.807, 2.05) is 0 Å². The van der Waals surface area contributed by atoms with E-state index in [9.17, 15) is 9.65 Å². The maximum atomic E-state index is 17.2. The zero-order valence-corrected chi connectivity index (χ0v) is 25.2. The van der Waals surface area contributed by atoms with Gasteiger partial charge in [-0.1, -0.05) is 0 Å². The Morgan fingerprint density at radius 2 is 1.98 bits per heavy atom.